The normalized spacial score (nSPS) is 11.6. The number of thiol groups is 1. The van der Waals surface area contributed by atoms with Gasteiger partial charge in [0.2, 0.25) is 0 Å². The molecule has 0 saturated heterocycles. The van der Waals surface area contributed by atoms with Gasteiger partial charge in [0.05, 0.1) is 4.20 Å². The maximum absolute atomic E-state index is 4.71. The van der Waals surface area contributed by atoms with E-state index in [1.807, 2.05) is 19.9 Å². The first-order chi connectivity index (χ1) is 3.18. The van der Waals surface area contributed by atoms with E-state index in [1.54, 1.807) is 0 Å². The Bertz CT molecular complexity index is 103. The lowest BCUT2D eigenvalue weighted by Crippen LogP contribution is -1.80. The van der Waals surface area contributed by atoms with Crippen LogP contribution >= 0.6 is 24.8 Å². The summed E-state index contributed by atoms with van der Waals surface area (Å²) < 4.78 is 0.683. The molecule has 2 heteroatoms. The first-order valence-corrected chi connectivity index (χ1v) is 2.90. The van der Waals surface area contributed by atoms with Crippen LogP contribution in [-0.4, -0.2) is 4.20 Å². The minimum absolute atomic E-state index is 0.683. The average Bonchev–Trinajstić information content (AvgIpc) is 1.65. The van der Waals surface area contributed by atoms with E-state index in [2.05, 4.69) is 12.6 Å². The van der Waals surface area contributed by atoms with E-state index in [-0.39, 0.29) is 0 Å². The molecule has 0 aromatic carbocycles. The van der Waals surface area contributed by atoms with Gasteiger partial charge in [-0.25, -0.2) is 0 Å². The Morgan fingerprint density at radius 1 is 1.71 bits per heavy atom. The molecule has 40 valence electrons. The van der Waals surface area contributed by atoms with Crippen molar-refractivity contribution in [2.45, 2.75) is 13.8 Å². The quantitative estimate of drug-likeness (QED) is 0.324. The summed E-state index contributed by atoms with van der Waals surface area (Å²) in [5.74, 6) is 0. The molecule has 0 aromatic rings. The standard InChI is InChI=1S/C5H8S2/c1-3-4(2)5(6)7/h3H,1-2H3,(H,6,7). The lowest BCUT2D eigenvalue weighted by Gasteiger charge is -1.88. The molecule has 0 heterocycles. The number of rotatable bonds is 1. The van der Waals surface area contributed by atoms with Crippen molar-refractivity contribution in [1.82, 2.24) is 0 Å². The van der Waals surface area contributed by atoms with Gasteiger partial charge in [0.25, 0.3) is 0 Å². The Balaban J connectivity index is 3.82. The van der Waals surface area contributed by atoms with Gasteiger partial charge in [0.1, 0.15) is 0 Å². The minimum Gasteiger partial charge on any atom is -0.132 e. The zero-order chi connectivity index (χ0) is 5.86. The molecule has 0 aliphatic rings. The van der Waals surface area contributed by atoms with Gasteiger partial charge in [0.15, 0.2) is 0 Å². The lowest BCUT2D eigenvalue weighted by molar-refractivity contribution is 1.57. The first-order valence-electron chi connectivity index (χ1n) is 2.04. The molecule has 0 N–H and O–H groups in total. The zero-order valence-electron chi connectivity index (χ0n) is 4.43. The molecule has 0 bridgehead atoms. The molecule has 0 saturated carbocycles. The Morgan fingerprint density at radius 2 is 2.14 bits per heavy atom. The van der Waals surface area contributed by atoms with E-state index in [1.165, 1.54) is 0 Å². The van der Waals surface area contributed by atoms with Gasteiger partial charge >= 0.3 is 0 Å². The van der Waals surface area contributed by atoms with Gasteiger partial charge in [-0.3, -0.25) is 0 Å². The summed E-state index contributed by atoms with van der Waals surface area (Å²) in [4.78, 5) is 0. The molecule has 0 aliphatic heterocycles. The molecule has 0 fully saturated rings. The van der Waals surface area contributed by atoms with Crippen LogP contribution in [0.25, 0.3) is 0 Å². The third-order valence-electron chi connectivity index (χ3n) is 0.770. The summed E-state index contributed by atoms with van der Waals surface area (Å²) >= 11 is 8.65. The van der Waals surface area contributed by atoms with Gasteiger partial charge in [0, 0.05) is 0 Å². The van der Waals surface area contributed by atoms with Crippen molar-refractivity contribution >= 4 is 29.0 Å². The smallest absolute Gasteiger partial charge is 0.0701 e. The third-order valence-corrected chi connectivity index (χ3v) is 1.45. The van der Waals surface area contributed by atoms with Crippen molar-refractivity contribution < 1.29 is 0 Å². The summed E-state index contributed by atoms with van der Waals surface area (Å²) in [7, 11) is 0. The fourth-order valence-corrected chi connectivity index (χ4v) is 0.370. The summed E-state index contributed by atoms with van der Waals surface area (Å²) in [6, 6.07) is 0. The number of thiocarbonyl (C=S) groups is 1. The van der Waals surface area contributed by atoms with Gasteiger partial charge in [-0.2, -0.15) is 0 Å². The van der Waals surface area contributed by atoms with Crippen LogP contribution in [0.3, 0.4) is 0 Å². The van der Waals surface area contributed by atoms with Crippen LogP contribution in [0, 0.1) is 0 Å². The molecule has 0 atom stereocenters. The topological polar surface area (TPSA) is 0 Å². The van der Waals surface area contributed by atoms with Crippen LogP contribution in [0.15, 0.2) is 11.6 Å². The van der Waals surface area contributed by atoms with Crippen molar-refractivity contribution in [3.05, 3.63) is 11.6 Å². The second kappa shape index (κ2) is 3.22. The highest BCUT2D eigenvalue weighted by atomic mass is 32.1. The van der Waals surface area contributed by atoms with Crippen molar-refractivity contribution in [2.24, 2.45) is 0 Å². The van der Waals surface area contributed by atoms with Gasteiger partial charge in [-0.1, -0.05) is 18.3 Å². The lowest BCUT2D eigenvalue weighted by atomic mass is 10.3. The van der Waals surface area contributed by atoms with Gasteiger partial charge in [-0.05, 0) is 19.4 Å². The highest BCUT2D eigenvalue weighted by Gasteiger charge is 1.85. The van der Waals surface area contributed by atoms with Gasteiger partial charge < -0.3 is 0 Å². The van der Waals surface area contributed by atoms with Crippen LogP contribution in [0.4, 0.5) is 0 Å². The van der Waals surface area contributed by atoms with Crippen molar-refractivity contribution in [3.63, 3.8) is 0 Å². The zero-order valence-corrected chi connectivity index (χ0v) is 6.14. The second-order valence-electron chi connectivity index (χ2n) is 1.28. The summed E-state index contributed by atoms with van der Waals surface area (Å²) in [5.41, 5.74) is 1.07. The molecule has 0 rings (SSSR count). The fraction of sp³-hybridized carbons (Fsp3) is 0.400. The molecule has 7 heavy (non-hydrogen) atoms. The molecule has 0 aromatic heterocycles. The molecular weight excluding hydrogens is 124 g/mol. The Kier molecular flexibility index (Phi) is 3.30. The largest absolute Gasteiger partial charge is 0.132 e. The molecule has 0 unspecified atom stereocenters. The third kappa shape index (κ3) is 2.83. The van der Waals surface area contributed by atoms with E-state index < -0.39 is 0 Å². The first kappa shape index (κ1) is 7.18. The minimum atomic E-state index is 0.683. The van der Waals surface area contributed by atoms with Crippen molar-refractivity contribution in [1.29, 1.82) is 0 Å². The SMILES string of the molecule is CC=C(C)C(=S)S. The maximum atomic E-state index is 4.71. The van der Waals surface area contributed by atoms with Crippen LogP contribution in [0.5, 0.6) is 0 Å². The van der Waals surface area contributed by atoms with Crippen molar-refractivity contribution in [2.75, 3.05) is 0 Å². The highest BCUT2D eigenvalue weighted by molar-refractivity contribution is 8.11. The average molecular weight is 132 g/mol. The van der Waals surface area contributed by atoms with Crippen LogP contribution in [0.1, 0.15) is 13.8 Å². The molecule has 0 amide bonds. The molecule has 0 spiro atoms. The van der Waals surface area contributed by atoms with Gasteiger partial charge in [-0.15, -0.1) is 12.6 Å². The molecule has 0 aliphatic carbocycles. The monoisotopic (exact) mass is 132 g/mol. The van der Waals surface area contributed by atoms with Crippen LogP contribution in [-0.2, 0) is 0 Å². The van der Waals surface area contributed by atoms with E-state index in [0.29, 0.717) is 4.20 Å². The fourth-order valence-electron chi connectivity index (χ4n) is 0.123. The summed E-state index contributed by atoms with van der Waals surface area (Å²) in [5, 5.41) is 0. The van der Waals surface area contributed by atoms with E-state index in [4.69, 9.17) is 12.2 Å². The molecule has 0 radical (unpaired) electrons. The molecule has 0 nitrogen and oxygen atoms in total. The second-order valence-corrected chi connectivity index (χ2v) is 2.43. The predicted molar refractivity (Wildman–Crippen MR) is 41.0 cm³/mol. The number of hydrogen-bond acceptors (Lipinski definition) is 1. The Morgan fingerprint density at radius 3 is 2.14 bits per heavy atom. The van der Waals surface area contributed by atoms with E-state index in [0.717, 1.165) is 5.57 Å². The number of hydrogen-bond donors (Lipinski definition) is 1. The predicted octanol–water partition coefficient (Wildman–Crippen LogP) is 2.21. The highest BCUT2D eigenvalue weighted by Crippen LogP contribution is 1.98. The van der Waals surface area contributed by atoms with Crippen LogP contribution < -0.4 is 0 Å². The van der Waals surface area contributed by atoms with E-state index >= 15 is 0 Å². The van der Waals surface area contributed by atoms with Crippen LogP contribution in [0.2, 0.25) is 0 Å². The maximum Gasteiger partial charge on any atom is 0.0701 e. The number of allylic oxidation sites excluding steroid dienone is 1. The Hall–Kier alpha value is 0.180. The summed E-state index contributed by atoms with van der Waals surface area (Å²) in [6.07, 6.45) is 1.94. The van der Waals surface area contributed by atoms with Crippen molar-refractivity contribution in [3.8, 4) is 0 Å². The summed E-state index contributed by atoms with van der Waals surface area (Å²) in [6.45, 7) is 3.88. The van der Waals surface area contributed by atoms with E-state index in [9.17, 15) is 0 Å². The Labute approximate surface area is 55.0 Å². The molecular formula is C5H8S2.